The van der Waals surface area contributed by atoms with Crippen molar-refractivity contribution in [3.05, 3.63) is 66.0 Å². The van der Waals surface area contributed by atoms with Gasteiger partial charge in [0.25, 0.3) is 0 Å². The minimum atomic E-state index is -0.0206. The molecule has 0 aliphatic rings. The van der Waals surface area contributed by atoms with Gasteiger partial charge in [-0.25, -0.2) is 0 Å². The second-order valence-electron chi connectivity index (χ2n) is 4.66. The SMILES string of the molecule is CSc1ccc(CN(C)C(=O)/C=C/c2cccnc2)cc1. The van der Waals surface area contributed by atoms with E-state index in [0.29, 0.717) is 6.54 Å². The summed E-state index contributed by atoms with van der Waals surface area (Å²) in [6.07, 6.45) is 8.85. The van der Waals surface area contributed by atoms with Crippen molar-refractivity contribution in [3.63, 3.8) is 0 Å². The quantitative estimate of drug-likeness (QED) is 0.626. The van der Waals surface area contributed by atoms with E-state index in [-0.39, 0.29) is 5.91 Å². The minimum Gasteiger partial charge on any atom is -0.338 e. The molecule has 0 aliphatic heterocycles. The number of hydrogen-bond donors (Lipinski definition) is 0. The van der Waals surface area contributed by atoms with Crippen LogP contribution in [0.15, 0.2) is 59.8 Å². The lowest BCUT2D eigenvalue weighted by Gasteiger charge is -2.15. The fourth-order valence-electron chi connectivity index (χ4n) is 1.85. The van der Waals surface area contributed by atoms with Crippen LogP contribution in [-0.4, -0.2) is 29.1 Å². The maximum Gasteiger partial charge on any atom is 0.246 e. The summed E-state index contributed by atoms with van der Waals surface area (Å²) < 4.78 is 0. The van der Waals surface area contributed by atoms with Crippen molar-refractivity contribution in [1.82, 2.24) is 9.88 Å². The Morgan fingerprint density at radius 3 is 2.67 bits per heavy atom. The highest BCUT2D eigenvalue weighted by molar-refractivity contribution is 7.98. The summed E-state index contributed by atoms with van der Waals surface area (Å²) in [7, 11) is 1.80. The van der Waals surface area contributed by atoms with Gasteiger partial charge in [-0.3, -0.25) is 9.78 Å². The summed E-state index contributed by atoms with van der Waals surface area (Å²) >= 11 is 1.71. The number of amides is 1. The molecule has 0 radical (unpaired) electrons. The van der Waals surface area contributed by atoms with E-state index >= 15 is 0 Å². The molecule has 4 heteroatoms. The number of carbonyl (C=O) groups is 1. The predicted molar refractivity (Wildman–Crippen MR) is 88.0 cm³/mol. The second kappa shape index (κ2) is 7.64. The molecule has 0 aliphatic carbocycles. The first-order valence-corrected chi connectivity index (χ1v) is 7.87. The predicted octanol–water partition coefficient (Wildman–Crippen LogP) is 3.48. The molecule has 0 unspecified atom stereocenters. The fraction of sp³-hybridized carbons (Fsp3) is 0.176. The van der Waals surface area contributed by atoms with Gasteiger partial charge in [-0.1, -0.05) is 18.2 Å². The Hall–Kier alpha value is -2.07. The summed E-state index contributed by atoms with van der Waals surface area (Å²) in [5.41, 5.74) is 2.04. The molecule has 0 N–H and O–H groups in total. The highest BCUT2D eigenvalue weighted by Gasteiger charge is 2.05. The van der Waals surface area contributed by atoms with E-state index in [2.05, 4.69) is 29.2 Å². The number of thioether (sulfide) groups is 1. The first-order valence-electron chi connectivity index (χ1n) is 6.65. The van der Waals surface area contributed by atoms with E-state index in [4.69, 9.17) is 0 Å². The topological polar surface area (TPSA) is 33.2 Å². The van der Waals surface area contributed by atoms with Gasteiger partial charge < -0.3 is 4.90 Å². The first-order chi connectivity index (χ1) is 10.2. The number of nitrogens with zero attached hydrogens (tertiary/aromatic N) is 2. The van der Waals surface area contributed by atoms with Crippen LogP contribution < -0.4 is 0 Å². The van der Waals surface area contributed by atoms with Crippen LogP contribution in [0.1, 0.15) is 11.1 Å². The molecule has 108 valence electrons. The minimum absolute atomic E-state index is 0.0206. The Balaban J connectivity index is 1.94. The smallest absolute Gasteiger partial charge is 0.246 e. The van der Waals surface area contributed by atoms with Crippen LogP contribution in [-0.2, 0) is 11.3 Å². The highest BCUT2D eigenvalue weighted by atomic mass is 32.2. The number of carbonyl (C=O) groups excluding carboxylic acids is 1. The van der Waals surface area contributed by atoms with Gasteiger partial charge in [0.15, 0.2) is 0 Å². The van der Waals surface area contributed by atoms with Crippen molar-refractivity contribution in [1.29, 1.82) is 0 Å². The number of likely N-dealkylation sites (N-methyl/N-ethyl adjacent to an activating group) is 1. The molecule has 0 saturated carbocycles. The summed E-state index contributed by atoms with van der Waals surface area (Å²) in [6, 6.07) is 12.0. The molecule has 0 fully saturated rings. The van der Waals surface area contributed by atoms with E-state index in [0.717, 1.165) is 11.1 Å². The zero-order chi connectivity index (χ0) is 15.1. The molecular weight excluding hydrogens is 280 g/mol. The van der Waals surface area contributed by atoms with Crippen LogP contribution in [0.2, 0.25) is 0 Å². The Morgan fingerprint density at radius 1 is 1.29 bits per heavy atom. The lowest BCUT2D eigenvalue weighted by Crippen LogP contribution is -2.24. The third-order valence-corrected chi connectivity index (χ3v) is 3.80. The normalized spacial score (nSPS) is 10.8. The maximum absolute atomic E-state index is 12.1. The van der Waals surface area contributed by atoms with Crippen LogP contribution in [0.3, 0.4) is 0 Å². The fourth-order valence-corrected chi connectivity index (χ4v) is 2.26. The number of aromatic nitrogens is 1. The van der Waals surface area contributed by atoms with Gasteiger partial charge in [0.05, 0.1) is 0 Å². The van der Waals surface area contributed by atoms with Gasteiger partial charge in [-0.15, -0.1) is 11.8 Å². The molecule has 0 bridgehead atoms. The van der Waals surface area contributed by atoms with E-state index in [9.17, 15) is 4.79 Å². The van der Waals surface area contributed by atoms with Crippen molar-refractivity contribution in [2.45, 2.75) is 11.4 Å². The van der Waals surface area contributed by atoms with Crippen molar-refractivity contribution in [2.24, 2.45) is 0 Å². The molecule has 3 nitrogen and oxygen atoms in total. The third kappa shape index (κ3) is 4.76. The maximum atomic E-state index is 12.1. The van der Waals surface area contributed by atoms with E-state index < -0.39 is 0 Å². The van der Waals surface area contributed by atoms with Crippen LogP contribution >= 0.6 is 11.8 Å². The summed E-state index contributed by atoms with van der Waals surface area (Å²) in [4.78, 5) is 19.0. The van der Waals surface area contributed by atoms with Crippen LogP contribution in [0.25, 0.3) is 6.08 Å². The van der Waals surface area contributed by atoms with Gasteiger partial charge >= 0.3 is 0 Å². The van der Waals surface area contributed by atoms with Crippen molar-refractivity contribution < 1.29 is 4.79 Å². The molecule has 0 atom stereocenters. The third-order valence-electron chi connectivity index (χ3n) is 3.06. The Morgan fingerprint density at radius 2 is 2.05 bits per heavy atom. The molecule has 1 aromatic carbocycles. The monoisotopic (exact) mass is 298 g/mol. The number of hydrogen-bond acceptors (Lipinski definition) is 3. The molecule has 2 aromatic rings. The number of pyridine rings is 1. The molecule has 0 saturated heterocycles. The highest BCUT2D eigenvalue weighted by Crippen LogP contribution is 2.15. The average Bonchev–Trinajstić information content (AvgIpc) is 2.54. The van der Waals surface area contributed by atoms with Gasteiger partial charge in [-0.2, -0.15) is 0 Å². The Kier molecular flexibility index (Phi) is 5.58. The lowest BCUT2D eigenvalue weighted by molar-refractivity contribution is -0.125. The van der Waals surface area contributed by atoms with Gasteiger partial charge in [0, 0.05) is 37.0 Å². The Labute approximate surface area is 129 Å². The van der Waals surface area contributed by atoms with Gasteiger partial charge in [0.2, 0.25) is 5.91 Å². The van der Waals surface area contributed by atoms with Crippen LogP contribution in [0.5, 0.6) is 0 Å². The second-order valence-corrected chi connectivity index (χ2v) is 5.54. The largest absolute Gasteiger partial charge is 0.338 e. The van der Waals surface area contributed by atoms with Crippen molar-refractivity contribution in [2.75, 3.05) is 13.3 Å². The molecule has 1 aromatic heterocycles. The zero-order valence-corrected chi connectivity index (χ0v) is 13.0. The van der Waals surface area contributed by atoms with E-state index in [1.807, 2.05) is 18.4 Å². The van der Waals surface area contributed by atoms with Crippen LogP contribution in [0.4, 0.5) is 0 Å². The lowest BCUT2D eigenvalue weighted by atomic mass is 10.2. The molecular formula is C17H18N2OS. The van der Waals surface area contributed by atoms with E-state index in [1.54, 1.807) is 48.3 Å². The van der Waals surface area contributed by atoms with Gasteiger partial charge in [0.1, 0.15) is 0 Å². The molecule has 21 heavy (non-hydrogen) atoms. The van der Waals surface area contributed by atoms with Crippen molar-refractivity contribution >= 4 is 23.7 Å². The summed E-state index contributed by atoms with van der Waals surface area (Å²) in [5.74, 6) is -0.0206. The number of rotatable bonds is 5. The molecule has 1 heterocycles. The summed E-state index contributed by atoms with van der Waals surface area (Å²) in [6.45, 7) is 0.602. The Bertz CT molecular complexity index is 608. The zero-order valence-electron chi connectivity index (χ0n) is 12.2. The van der Waals surface area contributed by atoms with Crippen LogP contribution in [0, 0.1) is 0 Å². The standard InChI is InChI=1S/C17H18N2OS/c1-19(13-15-5-8-16(21-2)9-6-15)17(20)10-7-14-4-3-11-18-12-14/h3-12H,13H2,1-2H3/b10-7+. The molecule has 1 amide bonds. The number of benzene rings is 1. The summed E-state index contributed by atoms with van der Waals surface area (Å²) in [5, 5.41) is 0. The molecule has 0 spiro atoms. The average molecular weight is 298 g/mol. The van der Waals surface area contributed by atoms with Crippen molar-refractivity contribution in [3.8, 4) is 0 Å². The molecule has 2 rings (SSSR count). The van der Waals surface area contributed by atoms with E-state index in [1.165, 1.54) is 4.90 Å². The van der Waals surface area contributed by atoms with Gasteiger partial charge in [-0.05, 0) is 41.7 Å². The first kappa shape index (κ1) is 15.3.